The van der Waals surface area contributed by atoms with Crippen LogP contribution in [0, 0.1) is 6.92 Å². The van der Waals surface area contributed by atoms with Gasteiger partial charge in [-0.1, -0.05) is 35.3 Å². The molecule has 0 bridgehead atoms. The largest absolute Gasteiger partial charge is 0.495 e. The minimum Gasteiger partial charge on any atom is -0.495 e. The average Bonchev–Trinajstić information content (AvgIpc) is 2.54. The lowest BCUT2D eigenvalue weighted by Gasteiger charge is -2.24. The highest BCUT2D eigenvalue weighted by molar-refractivity contribution is 6.32. The molecule has 0 saturated carbocycles. The molecule has 7 heteroatoms. The van der Waals surface area contributed by atoms with Crippen LogP contribution in [-0.4, -0.2) is 19.4 Å². The van der Waals surface area contributed by atoms with Gasteiger partial charge in [-0.3, -0.25) is 0 Å². The zero-order chi connectivity index (χ0) is 19.1. The van der Waals surface area contributed by atoms with Gasteiger partial charge < -0.3 is 9.47 Å². The first kappa shape index (κ1) is 18.9. The smallest absolute Gasteiger partial charge is 0.429 e. The van der Waals surface area contributed by atoms with Gasteiger partial charge in [0, 0.05) is 22.6 Å². The molecule has 26 heavy (non-hydrogen) atoms. The van der Waals surface area contributed by atoms with Crippen LogP contribution in [0.4, 0.5) is 13.2 Å². The number of aryl methyl sites for hydroxylation is 1. The van der Waals surface area contributed by atoms with E-state index in [0.29, 0.717) is 33.3 Å². The van der Waals surface area contributed by atoms with Crippen LogP contribution in [0.5, 0.6) is 11.5 Å². The van der Waals surface area contributed by atoms with Gasteiger partial charge in [0.2, 0.25) is 6.10 Å². The minimum atomic E-state index is -4.47. The third-order valence-electron chi connectivity index (χ3n) is 4.06. The van der Waals surface area contributed by atoms with Gasteiger partial charge in [0.25, 0.3) is 0 Å². The maximum atomic E-state index is 12.9. The normalized spacial score (nSPS) is 16.2. The Morgan fingerprint density at radius 3 is 2.46 bits per heavy atom. The summed E-state index contributed by atoms with van der Waals surface area (Å²) in [5.74, 6) is 0.659. The second kappa shape index (κ2) is 7.05. The van der Waals surface area contributed by atoms with Crippen molar-refractivity contribution in [2.24, 2.45) is 0 Å². The second-order valence-electron chi connectivity index (χ2n) is 6.04. The first-order valence-electron chi connectivity index (χ1n) is 7.76. The number of ether oxygens (including phenoxy) is 2. The number of fused-ring (bicyclic) bond motifs is 1. The van der Waals surface area contributed by atoms with Crippen molar-refractivity contribution in [2.45, 2.75) is 25.6 Å². The zero-order valence-electron chi connectivity index (χ0n) is 14.0. The Labute approximate surface area is 159 Å². The van der Waals surface area contributed by atoms with Crippen LogP contribution in [0.15, 0.2) is 30.3 Å². The summed E-state index contributed by atoms with van der Waals surface area (Å²) in [4.78, 5) is 0. The van der Waals surface area contributed by atoms with Crippen molar-refractivity contribution in [3.8, 4) is 11.5 Å². The molecule has 0 aliphatic carbocycles. The fourth-order valence-electron chi connectivity index (χ4n) is 2.89. The van der Waals surface area contributed by atoms with Gasteiger partial charge in [0.15, 0.2) is 0 Å². The first-order valence-corrected chi connectivity index (χ1v) is 8.51. The molecule has 0 fully saturated rings. The molecular formula is C19H15Cl2F3O2. The van der Waals surface area contributed by atoms with Crippen LogP contribution in [0.25, 0.3) is 6.08 Å². The summed E-state index contributed by atoms with van der Waals surface area (Å²) in [7, 11) is 1.51. The van der Waals surface area contributed by atoms with E-state index in [0.717, 1.165) is 17.2 Å². The maximum absolute atomic E-state index is 12.9. The van der Waals surface area contributed by atoms with Gasteiger partial charge >= 0.3 is 6.18 Å². The van der Waals surface area contributed by atoms with Gasteiger partial charge in [-0.2, -0.15) is 13.2 Å². The highest BCUT2D eigenvalue weighted by Gasteiger charge is 2.41. The lowest BCUT2D eigenvalue weighted by molar-refractivity contribution is -0.180. The van der Waals surface area contributed by atoms with Gasteiger partial charge in [0.1, 0.15) is 11.5 Å². The van der Waals surface area contributed by atoms with E-state index < -0.39 is 12.3 Å². The number of benzene rings is 2. The van der Waals surface area contributed by atoms with E-state index in [1.54, 1.807) is 12.1 Å². The SMILES string of the molecule is COc1c(Cl)cc(C)cc1Cc1cc2c(cc1Cl)C=CC(C(F)(F)F)O2. The van der Waals surface area contributed by atoms with E-state index in [-0.39, 0.29) is 5.75 Å². The van der Waals surface area contributed by atoms with Crippen molar-refractivity contribution in [3.63, 3.8) is 0 Å². The van der Waals surface area contributed by atoms with Gasteiger partial charge in [-0.15, -0.1) is 0 Å². The van der Waals surface area contributed by atoms with Gasteiger partial charge in [-0.25, -0.2) is 0 Å². The number of hydrogen-bond donors (Lipinski definition) is 0. The summed E-state index contributed by atoms with van der Waals surface area (Å²) in [6.45, 7) is 1.89. The number of alkyl halides is 3. The predicted molar refractivity (Wildman–Crippen MR) is 96.5 cm³/mol. The highest BCUT2D eigenvalue weighted by Crippen LogP contribution is 2.38. The van der Waals surface area contributed by atoms with E-state index in [1.807, 2.05) is 13.0 Å². The van der Waals surface area contributed by atoms with Crippen LogP contribution < -0.4 is 9.47 Å². The Morgan fingerprint density at radius 2 is 1.81 bits per heavy atom. The van der Waals surface area contributed by atoms with Crippen LogP contribution in [-0.2, 0) is 6.42 Å². The Balaban J connectivity index is 1.98. The van der Waals surface area contributed by atoms with Crippen molar-refractivity contribution in [2.75, 3.05) is 7.11 Å². The Hall–Kier alpha value is -1.85. The van der Waals surface area contributed by atoms with E-state index in [1.165, 1.54) is 19.3 Å². The van der Waals surface area contributed by atoms with Crippen LogP contribution >= 0.6 is 23.2 Å². The highest BCUT2D eigenvalue weighted by atomic mass is 35.5. The average molecular weight is 403 g/mol. The number of rotatable bonds is 3. The molecule has 1 atom stereocenters. The molecule has 138 valence electrons. The summed E-state index contributed by atoms with van der Waals surface area (Å²) in [5, 5.41) is 0.898. The third-order valence-corrected chi connectivity index (χ3v) is 4.69. The molecule has 2 aromatic carbocycles. The van der Waals surface area contributed by atoms with Crippen molar-refractivity contribution in [1.82, 2.24) is 0 Å². The van der Waals surface area contributed by atoms with Gasteiger partial charge in [-0.05, 0) is 42.3 Å². The van der Waals surface area contributed by atoms with E-state index in [4.69, 9.17) is 32.7 Å². The van der Waals surface area contributed by atoms with Crippen molar-refractivity contribution >= 4 is 29.3 Å². The lowest BCUT2D eigenvalue weighted by Crippen LogP contribution is -2.33. The quantitative estimate of drug-likeness (QED) is 0.604. The molecule has 0 saturated heterocycles. The summed E-state index contributed by atoms with van der Waals surface area (Å²) >= 11 is 12.5. The van der Waals surface area contributed by atoms with Gasteiger partial charge in [0.05, 0.1) is 12.1 Å². The topological polar surface area (TPSA) is 18.5 Å². The zero-order valence-corrected chi connectivity index (χ0v) is 15.5. The molecule has 0 radical (unpaired) electrons. The molecule has 0 spiro atoms. The predicted octanol–water partition coefficient (Wildman–Crippen LogP) is 6.24. The summed E-state index contributed by atoms with van der Waals surface area (Å²) < 4.78 is 49.2. The lowest BCUT2D eigenvalue weighted by atomic mass is 9.99. The second-order valence-corrected chi connectivity index (χ2v) is 6.85. The minimum absolute atomic E-state index is 0.145. The molecule has 0 aromatic heterocycles. The molecular weight excluding hydrogens is 388 g/mol. The van der Waals surface area contributed by atoms with Crippen molar-refractivity contribution < 1.29 is 22.6 Å². The van der Waals surface area contributed by atoms with E-state index >= 15 is 0 Å². The standard InChI is InChI=1S/C19H15Cl2F3O2/c1-10-5-13(18(25-2)15(21)6-10)7-12-9-16-11(8-14(12)20)3-4-17(26-16)19(22,23)24/h3-6,8-9,17H,7H2,1-2H3. The third kappa shape index (κ3) is 3.79. The molecule has 2 nitrogen and oxygen atoms in total. The fraction of sp³-hybridized carbons (Fsp3) is 0.263. The molecule has 1 aliphatic heterocycles. The number of hydrogen-bond acceptors (Lipinski definition) is 2. The maximum Gasteiger partial charge on any atom is 0.429 e. The number of halogens is 5. The van der Waals surface area contributed by atoms with Crippen molar-refractivity contribution in [1.29, 1.82) is 0 Å². The molecule has 0 N–H and O–H groups in total. The monoisotopic (exact) mass is 402 g/mol. The summed E-state index contributed by atoms with van der Waals surface area (Å²) in [6, 6.07) is 6.81. The van der Waals surface area contributed by atoms with E-state index in [2.05, 4.69) is 0 Å². The fourth-order valence-corrected chi connectivity index (χ4v) is 3.50. The molecule has 0 amide bonds. The number of methoxy groups -OCH3 is 1. The molecule has 1 aliphatic rings. The summed E-state index contributed by atoms with van der Waals surface area (Å²) in [5.41, 5.74) is 2.87. The molecule has 2 aromatic rings. The van der Waals surface area contributed by atoms with Crippen molar-refractivity contribution in [3.05, 3.63) is 62.6 Å². The van der Waals surface area contributed by atoms with Crippen LogP contribution in [0.1, 0.15) is 22.3 Å². The van der Waals surface area contributed by atoms with Crippen LogP contribution in [0.2, 0.25) is 10.0 Å². The Morgan fingerprint density at radius 1 is 1.08 bits per heavy atom. The van der Waals surface area contributed by atoms with Crippen LogP contribution in [0.3, 0.4) is 0 Å². The van der Waals surface area contributed by atoms with E-state index in [9.17, 15) is 13.2 Å². The molecule has 1 heterocycles. The Bertz CT molecular complexity index is 876. The molecule has 3 rings (SSSR count). The summed E-state index contributed by atoms with van der Waals surface area (Å²) in [6.07, 6.45) is -3.74. The first-order chi connectivity index (χ1) is 12.2. The Kier molecular flexibility index (Phi) is 5.13. The molecule has 1 unspecified atom stereocenters.